The first-order valence-electron chi connectivity index (χ1n) is 3.59. The van der Waals surface area contributed by atoms with E-state index in [0.29, 0.717) is 6.54 Å². The molecule has 0 aromatic carbocycles. The molecule has 0 bridgehead atoms. The number of nitrogens with one attached hydrogen (secondary N) is 1. The van der Waals surface area contributed by atoms with Crippen molar-refractivity contribution in [3.05, 3.63) is 18.7 Å². The van der Waals surface area contributed by atoms with Crippen molar-refractivity contribution < 1.29 is 4.79 Å². The molecule has 0 saturated heterocycles. The van der Waals surface area contributed by atoms with Gasteiger partial charge >= 0.3 is 6.03 Å². The molecular formula is C7H10N4O. The van der Waals surface area contributed by atoms with Crippen LogP contribution in [0.15, 0.2) is 18.7 Å². The molecular weight excluding hydrogens is 156 g/mol. The van der Waals surface area contributed by atoms with E-state index in [2.05, 4.69) is 4.98 Å². The normalized spacial score (nSPS) is 9.42. The number of rotatable bonds is 2. The molecule has 1 amide bonds. The maximum absolute atomic E-state index is 11.4. The fourth-order valence-electron chi connectivity index (χ4n) is 0.802. The Labute approximate surface area is 70.1 Å². The predicted molar refractivity (Wildman–Crippen MR) is 44.2 cm³/mol. The van der Waals surface area contributed by atoms with E-state index in [0.717, 1.165) is 6.34 Å². The van der Waals surface area contributed by atoms with Gasteiger partial charge < -0.3 is 0 Å². The second-order valence-electron chi connectivity index (χ2n) is 2.17. The molecule has 0 radical (unpaired) electrons. The second kappa shape index (κ2) is 3.66. The highest BCUT2D eigenvalue weighted by Crippen LogP contribution is 1.92. The molecule has 0 aliphatic rings. The van der Waals surface area contributed by atoms with Crippen LogP contribution >= 0.6 is 0 Å². The summed E-state index contributed by atoms with van der Waals surface area (Å²) in [5.41, 5.74) is 0. The van der Waals surface area contributed by atoms with Gasteiger partial charge in [-0.1, -0.05) is 0 Å². The van der Waals surface area contributed by atoms with Crippen LogP contribution in [0.1, 0.15) is 6.92 Å². The van der Waals surface area contributed by atoms with Crippen LogP contribution in [0.5, 0.6) is 0 Å². The van der Waals surface area contributed by atoms with E-state index >= 15 is 0 Å². The van der Waals surface area contributed by atoms with Gasteiger partial charge in [0.1, 0.15) is 6.33 Å². The van der Waals surface area contributed by atoms with Gasteiger partial charge in [0.05, 0.1) is 6.34 Å². The van der Waals surface area contributed by atoms with Crippen molar-refractivity contribution in [1.29, 1.82) is 5.41 Å². The Hall–Kier alpha value is -1.65. The third-order valence-corrected chi connectivity index (χ3v) is 1.47. The zero-order chi connectivity index (χ0) is 8.97. The van der Waals surface area contributed by atoms with E-state index in [1.165, 1.54) is 22.0 Å². The summed E-state index contributed by atoms with van der Waals surface area (Å²) in [5, 5.41) is 6.94. The van der Waals surface area contributed by atoms with Gasteiger partial charge in [0.15, 0.2) is 0 Å². The first-order valence-corrected chi connectivity index (χ1v) is 3.59. The van der Waals surface area contributed by atoms with Crippen molar-refractivity contribution in [3.63, 3.8) is 0 Å². The standard InChI is InChI=1S/C7H10N4O/c1-2-10(5-8)7(12)11-4-3-9-6-11/h3-6,8H,2H2,1H3. The molecule has 0 aliphatic heterocycles. The summed E-state index contributed by atoms with van der Waals surface area (Å²) in [4.78, 5) is 16.4. The molecule has 0 spiro atoms. The molecule has 1 rings (SSSR count). The summed E-state index contributed by atoms with van der Waals surface area (Å²) < 4.78 is 1.33. The SMILES string of the molecule is CCN(C=N)C(=O)n1ccnc1. The van der Waals surface area contributed by atoms with Crippen molar-refractivity contribution in [3.8, 4) is 0 Å². The van der Waals surface area contributed by atoms with Gasteiger partial charge in [-0.25, -0.2) is 9.78 Å². The van der Waals surface area contributed by atoms with E-state index in [9.17, 15) is 4.79 Å². The number of hydrogen-bond donors (Lipinski definition) is 1. The highest BCUT2D eigenvalue weighted by atomic mass is 16.2. The Bertz CT molecular complexity index is 267. The largest absolute Gasteiger partial charge is 0.334 e. The van der Waals surface area contributed by atoms with E-state index < -0.39 is 0 Å². The molecule has 1 N–H and O–H groups in total. The van der Waals surface area contributed by atoms with Crippen LogP contribution in [0.2, 0.25) is 0 Å². The monoisotopic (exact) mass is 166 g/mol. The summed E-state index contributed by atoms with van der Waals surface area (Å²) in [7, 11) is 0. The van der Waals surface area contributed by atoms with Gasteiger partial charge in [-0.2, -0.15) is 0 Å². The summed E-state index contributed by atoms with van der Waals surface area (Å²) in [6, 6.07) is -0.259. The van der Waals surface area contributed by atoms with Gasteiger partial charge in [-0.05, 0) is 6.92 Å². The fourth-order valence-corrected chi connectivity index (χ4v) is 0.802. The average molecular weight is 166 g/mol. The van der Waals surface area contributed by atoms with E-state index in [4.69, 9.17) is 5.41 Å². The topological polar surface area (TPSA) is 62.0 Å². The molecule has 0 fully saturated rings. The zero-order valence-electron chi connectivity index (χ0n) is 6.77. The van der Waals surface area contributed by atoms with Gasteiger partial charge in [-0.15, -0.1) is 0 Å². The van der Waals surface area contributed by atoms with Crippen LogP contribution in [0, 0.1) is 5.41 Å². The maximum Gasteiger partial charge on any atom is 0.334 e. The first kappa shape index (κ1) is 8.45. The average Bonchev–Trinajstić information content (AvgIpc) is 2.58. The Morgan fingerprint density at radius 3 is 3.00 bits per heavy atom. The molecule has 12 heavy (non-hydrogen) atoms. The van der Waals surface area contributed by atoms with Crippen LogP contribution in [-0.4, -0.2) is 33.4 Å². The minimum Gasteiger partial charge on any atom is -0.291 e. The summed E-state index contributed by atoms with van der Waals surface area (Å²) in [5.74, 6) is 0. The van der Waals surface area contributed by atoms with Gasteiger partial charge in [-0.3, -0.25) is 14.9 Å². The second-order valence-corrected chi connectivity index (χ2v) is 2.17. The Morgan fingerprint density at radius 2 is 2.58 bits per heavy atom. The fraction of sp³-hybridized carbons (Fsp3) is 0.286. The Balaban J connectivity index is 2.77. The molecule has 0 atom stereocenters. The van der Waals surface area contributed by atoms with E-state index in [1.54, 1.807) is 13.1 Å². The van der Waals surface area contributed by atoms with Crippen molar-refractivity contribution >= 4 is 12.4 Å². The minimum atomic E-state index is -0.259. The van der Waals surface area contributed by atoms with E-state index in [-0.39, 0.29) is 6.03 Å². The predicted octanol–water partition coefficient (Wildman–Crippen LogP) is 0.780. The zero-order valence-corrected chi connectivity index (χ0v) is 6.77. The van der Waals surface area contributed by atoms with Crippen LogP contribution in [-0.2, 0) is 0 Å². The van der Waals surface area contributed by atoms with E-state index in [1.807, 2.05) is 0 Å². The van der Waals surface area contributed by atoms with Crippen LogP contribution in [0.4, 0.5) is 4.79 Å². The number of amides is 1. The van der Waals surface area contributed by atoms with Crippen LogP contribution in [0.25, 0.3) is 0 Å². The van der Waals surface area contributed by atoms with Gasteiger partial charge in [0.25, 0.3) is 0 Å². The van der Waals surface area contributed by atoms with Crippen LogP contribution < -0.4 is 0 Å². The number of hydrogen-bond acceptors (Lipinski definition) is 3. The summed E-state index contributed by atoms with van der Waals surface area (Å²) >= 11 is 0. The Morgan fingerprint density at radius 1 is 1.83 bits per heavy atom. The molecule has 0 aliphatic carbocycles. The lowest BCUT2D eigenvalue weighted by Crippen LogP contribution is -2.32. The maximum atomic E-state index is 11.4. The Kier molecular flexibility index (Phi) is 2.57. The number of imidazole rings is 1. The number of aromatic nitrogens is 2. The van der Waals surface area contributed by atoms with Gasteiger partial charge in [0.2, 0.25) is 0 Å². The molecule has 0 saturated carbocycles. The highest BCUT2D eigenvalue weighted by Gasteiger charge is 2.09. The molecule has 1 heterocycles. The summed E-state index contributed by atoms with van der Waals surface area (Å²) in [6.07, 6.45) is 5.49. The van der Waals surface area contributed by atoms with Crippen molar-refractivity contribution in [1.82, 2.24) is 14.5 Å². The van der Waals surface area contributed by atoms with Crippen molar-refractivity contribution in [2.75, 3.05) is 6.54 Å². The van der Waals surface area contributed by atoms with Gasteiger partial charge in [0, 0.05) is 18.9 Å². The van der Waals surface area contributed by atoms with Crippen molar-refractivity contribution in [2.45, 2.75) is 6.92 Å². The molecule has 1 aromatic rings. The summed E-state index contributed by atoms with van der Waals surface area (Å²) in [6.45, 7) is 2.29. The quantitative estimate of drug-likeness (QED) is 0.521. The highest BCUT2D eigenvalue weighted by molar-refractivity contribution is 5.86. The molecule has 64 valence electrons. The third-order valence-electron chi connectivity index (χ3n) is 1.47. The number of nitrogens with zero attached hydrogens (tertiary/aromatic N) is 3. The lowest BCUT2D eigenvalue weighted by atomic mass is 10.6. The van der Waals surface area contributed by atoms with Crippen LogP contribution in [0.3, 0.4) is 0 Å². The van der Waals surface area contributed by atoms with Crippen molar-refractivity contribution in [2.24, 2.45) is 0 Å². The molecule has 0 unspecified atom stereocenters. The minimum absolute atomic E-state index is 0.259. The smallest absolute Gasteiger partial charge is 0.291 e. The third kappa shape index (κ3) is 1.50. The molecule has 5 nitrogen and oxygen atoms in total. The number of carbonyl (C=O) groups excluding carboxylic acids is 1. The molecule has 5 heteroatoms. The lowest BCUT2D eigenvalue weighted by molar-refractivity contribution is 0.224. The number of carbonyl (C=O) groups is 1. The molecule has 1 aromatic heterocycles. The lowest BCUT2D eigenvalue weighted by Gasteiger charge is -2.13. The first-order chi connectivity index (χ1) is 5.79.